The topological polar surface area (TPSA) is 84.2 Å². The van der Waals surface area contributed by atoms with Gasteiger partial charge in [-0.2, -0.15) is 5.10 Å². The molecule has 2 N–H and O–H groups in total. The molecular formula is C12H20ClN3O3S. The van der Waals surface area contributed by atoms with E-state index in [1.807, 2.05) is 0 Å². The Morgan fingerprint density at radius 2 is 2.35 bits per heavy atom. The number of hydrogen-bond donors (Lipinski definition) is 2. The van der Waals surface area contributed by atoms with Crippen LogP contribution in [0.3, 0.4) is 0 Å². The first-order valence-electron chi connectivity index (χ1n) is 6.62. The monoisotopic (exact) mass is 321 g/mol. The number of nitrogens with zero attached hydrogens (tertiary/aromatic N) is 2. The maximum absolute atomic E-state index is 12.5. The summed E-state index contributed by atoms with van der Waals surface area (Å²) >= 11 is 5.90. The Morgan fingerprint density at radius 1 is 1.65 bits per heavy atom. The van der Waals surface area contributed by atoms with Crippen molar-refractivity contribution in [2.24, 2.45) is 13.0 Å². The van der Waals surface area contributed by atoms with Crippen LogP contribution in [0.1, 0.15) is 32.6 Å². The van der Waals surface area contributed by atoms with Gasteiger partial charge in [-0.05, 0) is 18.8 Å². The largest absolute Gasteiger partial charge is 0.394 e. The van der Waals surface area contributed by atoms with E-state index in [4.69, 9.17) is 11.6 Å². The van der Waals surface area contributed by atoms with Crippen LogP contribution in [-0.2, 0) is 17.1 Å². The molecule has 1 aliphatic carbocycles. The summed E-state index contributed by atoms with van der Waals surface area (Å²) < 4.78 is 28.9. The van der Waals surface area contributed by atoms with Gasteiger partial charge in [0, 0.05) is 7.05 Å². The highest BCUT2D eigenvalue weighted by Gasteiger charge is 2.39. The van der Waals surface area contributed by atoms with E-state index >= 15 is 0 Å². The molecule has 8 heteroatoms. The van der Waals surface area contributed by atoms with Gasteiger partial charge < -0.3 is 5.11 Å². The van der Waals surface area contributed by atoms with Gasteiger partial charge in [0.1, 0.15) is 0 Å². The predicted octanol–water partition coefficient (Wildman–Crippen LogP) is 1.29. The van der Waals surface area contributed by atoms with E-state index in [9.17, 15) is 13.5 Å². The number of aryl methyl sites for hydroxylation is 1. The third kappa shape index (κ3) is 3.00. The molecule has 0 aromatic carbocycles. The van der Waals surface area contributed by atoms with Crippen LogP contribution in [0, 0.1) is 5.92 Å². The molecule has 0 bridgehead atoms. The molecule has 1 aromatic rings. The van der Waals surface area contributed by atoms with Crippen LogP contribution in [-0.4, -0.2) is 35.5 Å². The lowest BCUT2D eigenvalue weighted by Crippen LogP contribution is -2.54. The van der Waals surface area contributed by atoms with Crippen molar-refractivity contribution in [3.05, 3.63) is 11.2 Å². The Balaban J connectivity index is 2.31. The summed E-state index contributed by atoms with van der Waals surface area (Å²) in [6.07, 6.45) is 4.49. The van der Waals surface area contributed by atoms with Gasteiger partial charge in [-0.3, -0.25) is 4.68 Å². The van der Waals surface area contributed by atoms with Crippen LogP contribution in [0.5, 0.6) is 0 Å². The molecule has 1 aliphatic rings. The summed E-state index contributed by atoms with van der Waals surface area (Å²) in [4.78, 5) is 0. The summed E-state index contributed by atoms with van der Waals surface area (Å²) in [5.41, 5.74) is -0.801. The molecule has 1 heterocycles. The molecule has 2 atom stereocenters. The Morgan fingerprint density at radius 3 is 2.85 bits per heavy atom. The Bertz CT molecular complexity index is 567. The molecular weight excluding hydrogens is 302 g/mol. The highest BCUT2D eigenvalue weighted by Crippen LogP contribution is 2.33. The van der Waals surface area contributed by atoms with Crippen LogP contribution in [0.25, 0.3) is 0 Å². The van der Waals surface area contributed by atoms with Crippen molar-refractivity contribution >= 4 is 21.6 Å². The first-order valence-corrected chi connectivity index (χ1v) is 8.48. The summed E-state index contributed by atoms with van der Waals surface area (Å²) in [5, 5.41) is 13.5. The molecule has 0 spiro atoms. The summed E-state index contributed by atoms with van der Waals surface area (Å²) in [7, 11) is -2.29. The average Bonchev–Trinajstić information content (AvgIpc) is 2.69. The molecule has 0 saturated heterocycles. The van der Waals surface area contributed by atoms with Crippen LogP contribution in [0.15, 0.2) is 11.2 Å². The second kappa shape index (κ2) is 5.63. The number of aliphatic hydroxyl groups excluding tert-OH is 1. The quantitative estimate of drug-likeness (QED) is 0.875. The molecule has 2 rings (SSSR count). The number of nitrogens with one attached hydrogen (secondary N) is 1. The zero-order valence-electron chi connectivity index (χ0n) is 11.6. The van der Waals surface area contributed by atoms with Gasteiger partial charge in [0.25, 0.3) is 10.0 Å². The molecule has 1 aromatic heterocycles. The van der Waals surface area contributed by atoms with Gasteiger partial charge in [0.05, 0.1) is 23.4 Å². The Labute approximate surface area is 124 Å². The van der Waals surface area contributed by atoms with Crippen LogP contribution in [0.4, 0.5) is 0 Å². The number of halogens is 1. The minimum atomic E-state index is -3.81. The van der Waals surface area contributed by atoms with Crippen molar-refractivity contribution in [2.75, 3.05) is 6.61 Å². The number of aromatic nitrogens is 2. The summed E-state index contributed by atoms with van der Waals surface area (Å²) in [5.74, 6) is 0.376. The van der Waals surface area contributed by atoms with E-state index in [0.29, 0.717) is 18.8 Å². The lowest BCUT2D eigenvalue weighted by atomic mass is 9.78. The average molecular weight is 322 g/mol. The van der Waals surface area contributed by atoms with Crippen molar-refractivity contribution in [3.63, 3.8) is 0 Å². The number of aliphatic hydroxyl groups is 1. The van der Waals surface area contributed by atoms with E-state index < -0.39 is 15.6 Å². The minimum absolute atomic E-state index is 0.0646. The normalized spacial score (nSPS) is 27.7. The lowest BCUT2D eigenvalue weighted by molar-refractivity contribution is 0.119. The van der Waals surface area contributed by atoms with Crippen LogP contribution < -0.4 is 4.72 Å². The molecule has 0 radical (unpaired) electrons. The highest BCUT2D eigenvalue weighted by atomic mass is 35.5. The van der Waals surface area contributed by atoms with E-state index in [1.165, 1.54) is 17.9 Å². The summed E-state index contributed by atoms with van der Waals surface area (Å²) in [6, 6.07) is 0. The van der Waals surface area contributed by atoms with Crippen molar-refractivity contribution in [2.45, 2.75) is 43.2 Å². The van der Waals surface area contributed by atoms with Crippen LogP contribution >= 0.6 is 11.6 Å². The van der Waals surface area contributed by atoms with Gasteiger partial charge in [-0.1, -0.05) is 31.4 Å². The van der Waals surface area contributed by atoms with Crippen molar-refractivity contribution < 1.29 is 13.5 Å². The molecule has 0 aliphatic heterocycles. The summed E-state index contributed by atoms with van der Waals surface area (Å²) in [6.45, 7) is 1.85. The third-order valence-electron chi connectivity index (χ3n) is 3.84. The fourth-order valence-electron chi connectivity index (χ4n) is 2.96. The fourth-order valence-corrected chi connectivity index (χ4v) is 5.06. The molecule has 114 valence electrons. The lowest BCUT2D eigenvalue weighted by Gasteiger charge is -2.38. The van der Waals surface area contributed by atoms with Crippen molar-refractivity contribution in [3.8, 4) is 0 Å². The number of sulfonamides is 1. The number of rotatable bonds is 4. The van der Waals surface area contributed by atoms with E-state index in [-0.39, 0.29) is 16.7 Å². The molecule has 6 nitrogen and oxygen atoms in total. The third-order valence-corrected chi connectivity index (χ3v) is 5.93. The van der Waals surface area contributed by atoms with E-state index in [1.54, 1.807) is 0 Å². The second-order valence-electron chi connectivity index (χ2n) is 5.67. The second-order valence-corrected chi connectivity index (χ2v) is 7.67. The predicted molar refractivity (Wildman–Crippen MR) is 76.0 cm³/mol. The van der Waals surface area contributed by atoms with Gasteiger partial charge in [0.2, 0.25) is 0 Å². The van der Waals surface area contributed by atoms with E-state index in [0.717, 1.165) is 12.8 Å². The molecule has 20 heavy (non-hydrogen) atoms. The molecule has 2 unspecified atom stereocenters. The fraction of sp³-hybridized carbons (Fsp3) is 0.750. The first-order chi connectivity index (χ1) is 9.30. The first kappa shape index (κ1) is 15.8. The standard InChI is InChI=1S/C12H20ClN3O3S/c1-9-4-3-5-12(6-9,8-17)15-20(18,19)11-10(13)7-14-16(11)2/h7,9,15,17H,3-6,8H2,1-2H3. The molecule has 0 amide bonds. The van der Waals surface area contributed by atoms with E-state index in [2.05, 4.69) is 16.7 Å². The maximum atomic E-state index is 12.5. The zero-order chi connectivity index (χ0) is 15.0. The van der Waals surface area contributed by atoms with Crippen molar-refractivity contribution in [1.82, 2.24) is 14.5 Å². The van der Waals surface area contributed by atoms with Gasteiger partial charge in [-0.15, -0.1) is 0 Å². The SMILES string of the molecule is CC1CCCC(CO)(NS(=O)(=O)c2c(Cl)cnn2C)C1. The Hall–Kier alpha value is -0.630. The zero-order valence-corrected chi connectivity index (χ0v) is 13.2. The molecule has 1 fully saturated rings. The van der Waals surface area contributed by atoms with Crippen LogP contribution in [0.2, 0.25) is 5.02 Å². The Kier molecular flexibility index (Phi) is 4.44. The highest BCUT2D eigenvalue weighted by molar-refractivity contribution is 7.89. The smallest absolute Gasteiger partial charge is 0.259 e. The molecule has 1 saturated carbocycles. The van der Waals surface area contributed by atoms with Crippen molar-refractivity contribution in [1.29, 1.82) is 0 Å². The maximum Gasteiger partial charge on any atom is 0.259 e. The van der Waals surface area contributed by atoms with Gasteiger partial charge >= 0.3 is 0 Å². The van der Waals surface area contributed by atoms with Gasteiger partial charge in [0.15, 0.2) is 5.03 Å². The minimum Gasteiger partial charge on any atom is -0.394 e. The number of hydrogen-bond acceptors (Lipinski definition) is 4. The van der Waals surface area contributed by atoms with Gasteiger partial charge in [-0.25, -0.2) is 13.1 Å².